The summed E-state index contributed by atoms with van der Waals surface area (Å²) in [7, 11) is -3.39. The van der Waals surface area contributed by atoms with E-state index in [-0.39, 0.29) is 17.9 Å². The fourth-order valence-electron chi connectivity index (χ4n) is 3.01. The van der Waals surface area contributed by atoms with Crippen molar-refractivity contribution in [2.24, 2.45) is 10.8 Å². The van der Waals surface area contributed by atoms with Crippen molar-refractivity contribution in [1.29, 1.82) is 0 Å². The van der Waals surface area contributed by atoms with Gasteiger partial charge in [-0.05, 0) is 42.8 Å². The molecule has 30 heavy (non-hydrogen) atoms. The molecule has 0 radical (unpaired) electrons. The second-order valence-electron chi connectivity index (χ2n) is 6.80. The van der Waals surface area contributed by atoms with Gasteiger partial charge in [0.1, 0.15) is 11.8 Å². The monoisotopic (exact) mass is 429 g/mol. The summed E-state index contributed by atoms with van der Waals surface area (Å²) in [5.74, 6) is -1.00. The summed E-state index contributed by atoms with van der Waals surface area (Å²) in [6.45, 7) is 1.78. The number of nitrogens with two attached hydrogens (primary N) is 1. The Kier molecular flexibility index (Phi) is 6.36. The van der Waals surface area contributed by atoms with Crippen LogP contribution < -0.4 is 20.8 Å². The van der Waals surface area contributed by atoms with Gasteiger partial charge < -0.3 is 11.1 Å². The van der Waals surface area contributed by atoms with Crippen LogP contribution in [-0.2, 0) is 19.6 Å². The lowest BCUT2D eigenvalue weighted by Crippen LogP contribution is -2.39. The van der Waals surface area contributed by atoms with E-state index in [9.17, 15) is 18.0 Å². The summed E-state index contributed by atoms with van der Waals surface area (Å²) in [4.78, 5) is 24.5. The smallest absolute Gasteiger partial charge is 0.271 e. The summed E-state index contributed by atoms with van der Waals surface area (Å²) in [5, 5.41) is 8.44. The average Bonchev–Trinajstić information content (AvgIpc) is 3.16. The van der Waals surface area contributed by atoms with E-state index in [0.717, 1.165) is 0 Å². The van der Waals surface area contributed by atoms with Crippen LogP contribution in [0.25, 0.3) is 0 Å². The minimum Gasteiger partial charge on any atom is -0.368 e. The Balaban J connectivity index is 1.70. The summed E-state index contributed by atoms with van der Waals surface area (Å²) in [6, 6.07) is 14.5. The van der Waals surface area contributed by atoms with Crippen LogP contribution in [0, 0.1) is 0 Å². The van der Waals surface area contributed by atoms with Gasteiger partial charge in [-0.3, -0.25) is 19.3 Å². The second-order valence-corrected chi connectivity index (χ2v) is 8.64. The molecule has 9 nitrogen and oxygen atoms in total. The molecule has 2 amide bonds. The Hall–Kier alpha value is -3.40. The summed E-state index contributed by atoms with van der Waals surface area (Å²) >= 11 is 0. The number of amides is 2. The van der Waals surface area contributed by atoms with Crippen LogP contribution in [0.15, 0.2) is 59.7 Å². The Bertz CT molecular complexity index is 1050. The van der Waals surface area contributed by atoms with Crippen molar-refractivity contribution in [2.75, 3.05) is 20.8 Å². The summed E-state index contributed by atoms with van der Waals surface area (Å²) < 4.78 is 26.1. The molecule has 10 heteroatoms. The van der Waals surface area contributed by atoms with Crippen LogP contribution in [0.1, 0.15) is 19.8 Å². The van der Waals surface area contributed by atoms with Gasteiger partial charge in [0, 0.05) is 17.8 Å². The number of hydrogen-bond donors (Lipinski definition) is 3. The number of benzene rings is 2. The molecule has 0 aliphatic carbocycles. The fraction of sp³-hybridized carbons (Fsp3) is 0.250. The van der Waals surface area contributed by atoms with Crippen LogP contribution >= 0.6 is 0 Å². The first-order valence-corrected chi connectivity index (χ1v) is 11.1. The maximum atomic E-state index is 12.6. The number of sulfonamides is 1. The van der Waals surface area contributed by atoms with Crippen molar-refractivity contribution in [3.05, 3.63) is 54.6 Å². The zero-order valence-electron chi connectivity index (χ0n) is 16.4. The highest BCUT2D eigenvalue weighted by Crippen LogP contribution is 2.25. The van der Waals surface area contributed by atoms with Gasteiger partial charge in [-0.1, -0.05) is 25.1 Å². The van der Waals surface area contributed by atoms with Crippen molar-refractivity contribution < 1.29 is 18.0 Å². The van der Waals surface area contributed by atoms with E-state index < -0.39 is 27.9 Å². The molecule has 0 spiro atoms. The molecule has 1 aliphatic heterocycles. The molecule has 1 heterocycles. The van der Waals surface area contributed by atoms with Crippen molar-refractivity contribution in [1.82, 2.24) is 0 Å². The Labute approximate surface area is 175 Å². The van der Waals surface area contributed by atoms with Crippen LogP contribution in [0.3, 0.4) is 0 Å². The number of nitrogens with one attached hydrogen (secondary N) is 2. The molecule has 0 fully saturated rings. The standard InChI is InChI=1S/C20H23N5O4S/c1-2-12-30(28,29)24-15-10-8-14(9-11-15)22-20(27)17-13-18(19(21)26)25(23-17)16-6-4-3-5-7-16/h3-11,18,24H,2,12-13H2,1H3,(H2,21,26)(H,22,27). The minimum absolute atomic E-state index is 0.0320. The Morgan fingerprint density at radius 3 is 2.33 bits per heavy atom. The molecular weight excluding hydrogens is 406 g/mol. The molecule has 4 N–H and O–H groups in total. The van der Waals surface area contributed by atoms with Crippen LogP contribution in [0.4, 0.5) is 17.1 Å². The maximum absolute atomic E-state index is 12.6. The van der Waals surface area contributed by atoms with Crippen LogP contribution in [0.2, 0.25) is 0 Å². The SMILES string of the molecule is CCCS(=O)(=O)Nc1ccc(NC(=O)C2=NN(c3ccccc3)C(C(N)=O)C2)cc1. The Morgan fingerprint density at radius 1 is 1.10 bits per heavy atom. The van der Waals surface area contributed by atoms with Crippen LogP contribution in [0.5, 0.6) is 0 Å². The lowest BCUT2D eigenvalue weighted by molar-refractivity contribution is -0.119. The van der Waals surface area contributed by atoms with E-state index in [1.165, 1.54) is 5.01 Å². The molecule has 2 aromatic rings. The average molecular weight is 430 g/mol. The lowest BCUT2D eigenvalue weighted by Gasteiger charge is -2.20. The van der Waals surface area contributed by atoms with Gasteiger partial charge in [0.25, 0.3) is 5.91 Å². The molecule has 0 saturated heterocycles. The third-order valence-corrected chi connectivity index (χ3v) is 5.90. The number of rotatable bonds is 8. The number of hydrogen-bond acceptors (Lipinski definition) is 6. The van der Waals surface area contributed by atoms with Gasteiger partial charge in [-0.15, -0.1) is 0 Å². The first-order valence-electron chi connectivity index (χ1n) is 9.42. The van der Waals surface area contributed by atoms with Crippen molar-refractivity contribution >= 4 is 44.6 Å². The third kappa shape index (κ3) is 5.15. The number of anilines is 3. The van der Waals surface area contributed by atoms with Crippen LogP contribution in [-0.4, -0.2) is 37.7 Å². The highest BCUT2D eigenvalue weighted by atomic mass is 32.2. The van der Waals surface area contributed by atoms with Gasteiger partial charge in [0.05, 0.1) is 11.4 Å². The molecule has 2 aromatic carbocycles. The first kappa shape index (κ1) is 21.3. The largest absolute Gasteiger partial charge is 0.368 e. The van der Waals surface area contributed by atoms with Crippen molar-refractivity contribution in [3.63, 3.8) is 0 Å². The minimum atomic E-state index is -3.39. The quantitative estimate of drug-likeness (QED) is 0.589. The zero-order valence-corrected chi connectivity index (χ0v) is 17.2. The molecule has 0 bridgehead atoms. The van der Waals surface area contributed by atoms with Crippen molar-refractivity contribution in [2.45, 2.75) is 25.8 Å². The summed E-state index contributed by atoms with van der Waals surface area (Å²) in [6.07, 6.45) is 0.600. The molecule has 1 atom stereocenters. The number of para-hydroxylation sites is 1. The molecule has 1 unspecified atom stereocenters. The highest BCUT2D eigenvalue weighted by molar-refractivity contribution is 7.92. The van der Waals surface area contributed by atoms with E-state index in [1.807, 2.05) is 6.07 Å². The second kappa shape index (κ2) is 8.95. The van der Waals surface area contributed by atoms with Gasteiger partial charge in [0.15, 0.2) is 0 Å². The normalized spacial score (nSPS) is 16.1. The first-order chi connectivity index (χ1) is 14.3. The highest BCUT2D eigenvalue weighted by Gasteiger charge is 2.34. The molecular formula is C20H23N5O4S. The molecule has 158 valence electrons. The van der Waals surface area contributed by atoms with Gasteiger partial charge in [-0.2, -0.15) is 5.10 Å². The topological polar surface area (TPSA) is 134 Å². The number of hydrazone groups is 1. The van der Waals surface area contributed by atoms with Crippen molar-refractivity contribution in [3.8, 4) is 0 Å². The number of nitrogens with zero attached hydrogens (tertiary/aromatic N) is 2. The third-order valence-electron chi connectivity index (χ3n) is 4.41. The molecule has 0 aromatic heterocycles. The van der Waals surface area contributed by atoms with E-state index >= 15 is 0 Å². The van der Waals surface area contributed by atoms with E-state index in [0.29, 0.717) is 23.5 Å². The molecule has 3 rings (SSSR count). The van der Waals surface area contributed by atoms with E-state index in [1.54, 1.807) is 55.5 Å². The number of primary amides is 1. The van der Waals surface area contributed by atoms with Gasteiger partial charge in [0.2, 0.25) is 15.9 Å². The van der Waals surface area contributed by atoms with E-state index in [4.69, 9.17) is 5.73 Å². The summed E-state index contributed by atoms with van der Waals surface area (Å²) in [5.41, 5.74) is 7.20. The lowest BCUT2D eigenvalue weighted by atomic mass is 10.1. The fourth-order valence-corrected chi connectivity index (χ4v) is 4.15. The molecule has 0 saturated carbocycles. The zero-order chi connectivity index (χ0) is 21.7. The number of carbonyl (C=O) groups excluding carboxylic acids is 2. The molecule has 1 aliphatic rings. The maximum Gasteiger partial charge on any atom is 0.271 e. The predicted molar refractivity (Wildman–Crippen MR) is 117 cm³/mol. The number of carbonyl (C=O) groups is 2. The van der Waals surface area contributed by atoms with E-state index in [2.05, 4.69) is 15.1 Å². The van der Waals surface area contributed by atoms with Gasteiger partial charge >= 0.3 is 0 Å². The predicted octanol–water partition coefficient (Wildman–Crippen LogP) is 1.90. The Morgan fingerprint density at radius 2 is 1.73 bits per heavy atom. The van der Waals surface area contributed by atoms with Gasteiger partial charge in [-0.25, -0.2) is 8.42 Å².